The molecule has 1 fully saturated rings. The van der Waals surface area contributed by atoms with Gasteiger partial charge in [0.2, 0.25) is 17.5 Å². The minimum Gasteiger partial charge on any atom is -0.494 e. The first-order valence-corrected chi connectivity index (χ1v) is 10.4. The summed E-state index contributed by atoms with van der Waals surface area (Å²) in [4.78, 5) is 18.7. The lowest BCUT2D eigenvalue weighted by atomic mass is 9.96. The number of piperidine rings is 1. The largest absolute Gasteiger partial charge is 0.494 e. The average Bonchev–Trinajstić information content (AvgIpc) is 3.49. The number of anilines is 1. The molecular formula is C23H24N4O4. The Kier molecular flexibility index (Phi) is 6.53. The second-order valence-electron chi connectivity index (χ2n) is 7.33. The standard InChI is InChI=1S/C23H24N4O4/c24-16-19-23(31-22(26-19)20-8-4-14-30-20)27-12-9-17(10-13-27)21(28)25-11-5-15-29-18-6-2-1-3-7-18/h1-4,6-8,14,17H,5,9-13,15H2,(H,25,28). The number of aromatic nitrogens is 1. The fraction of sp³-hybridized carbons (Fsp3) is 0.348. The minimum atomic E-state index is -0.0516. The number of amides is 1. The highest BCUT2D eigenvalue weighted by Crippen LogP contribution is 2.31. The highest BCUT2D eigenvalue weighted by Gasteiger charge is 2.29. The van der Waals surface area contributed by atoms with E-state index < -0.39 is 0 Å². The van der Waals surface area contributed by atoms with Gasteiger partial charge in [-0.1, -0.05) is 18.2 Å². The van der Waals surface area contributed by atoms with Crippen molar-refractivity contribution in [2.45, 2.75) is 19.3 Å². The number of para-hydroxylation sites is 1. The van der Waals surface area contributed by atoms with Crippen LogP contribution in [0, 0.1) is 17.2 Å². The van der Waals surface area contributed by atoms with Crippen molar-refractivity contribution < 1.29 is 18.4 Å². The van der Waals surface area contributed by atoms with E-state index in [1.807, 2.05) is 35.2 Å². The summed E-state index contributed by atoms with van der Waals surface area (Å²) in [5.41, 5.74) is 0.229. The number of nitrogens with one attached hydrogen (secondary N) is 1. The first-order valence-electron chi connectivity index (χ1n) is 10.4. The number of nitriles is 1. The van der Waals surface area contributed by atoms with Crippen LogP contribution in [-0.4, -0.2) is 37.1 Å². The highest BCUT2D eigenvalue weighted by atomic mass is 16.5. The van der Waals surface area contributed by atoms with E-state index in [4.69, 9.17) is 13.6 Å². The van der Waals surface area contributed by atoms with E-state index in [0.29, 0.717) is 50.7 Å². The summed E-state index contributed by atoms with van der Waals surface area (Å²) in [5, 5.41) is 12.4. The summed E-state index contributed by atoms with van der Waals surface area (Å²) in [6.45, 7) is 2.38. The first kappa shape index (κ1) is 20.5. The number of carbonyl (C=O) groups is 1. The molecule has 4 rings (SSSR count). The number of carbonyl (C=O) groups excluding carboxylic acids is 1. The van der Waals surface area contributed by atoms with E-state index in [-0.39, 0.29) is 23.4 Å². The quantitative estimate of drug-likeness (QED) is 0.555. The lowest BCUT2D eigenvalue weighted by molar-refractivity contribution is -0.125. The van der Waals surface area contributed by atoms with Crippen molar-refractivity contribution in [3.63, 3.8) is 0 Å². The number of hydrogen-bond acceptors (Lipinski definition) is 7. The molecule has 3 heterocycles. The second kappa shape index (κ2) is 9.85. The Morgan fingerprint density at radius 3 is 2.74 bits per heavy atom. The number of furan rings is 1. The fourth-order valence-electron chi connectivity index (χ4n) is 3.58. The van der Waals surface area contributed by atoms with Gasteiger partial charge < -0.3 is 23.8 Å². The fourth-order valence-corrected chi connectivity index (χ4v) is 3.58. The number of ether oxygens (including phenoxy) is 1. The molecule has 31 heavy (non-hydrogen) atoms. The Morgan fingerprint density at radius 1 is 1.23 bits per heavy atom. The molecule has 2 aromatic heterocycles. The van der Waals surface area contributed by atoms with Gasteiger partial charge in [-0.05, 0) is 43.5 Å². The molecule has 0 bridgehead atoms. The molecule has 1 N–H and O–H groups in total. The third-order valence-electron chi connectivity index (χ3n) is 5.23. The molecule has 160 valence electrons. The first-order chi connectivity index (χ1) is 15.2. The summed E-state index contributed by atoms with van der Waals surface area (Å²) in [7, 11) is 0. The van der Waals surface area contributed by atoms with Crippen LogP contribution in [0.4, 0.5) is 5.88 Å². The number of rotatable bonds is 8. The zero-order valence-corrected chi connectivity index (χ0v) is 17.1. The zero-order chi connectivity index (χ0) is 21.5. The molecule has 0 spiro atoms. The summed E-state index contributed by atoms with van der Waals surface area (Å²) in [6, 6.07) is 15.2. The normalized spacial score (nSPS) is 14.2. The highest BCUT2D eigenvalue weighted by molar-refractivity contribution is 5.79. The van der Waals surface area contributed by atoms with Crippen molar-refractivity contribution in [3.8, 4) is 23.5 Å². The minimum absolute atomic E-state index is 0.0516. The average molecular weight is 420 g/mol. The summed E-state index contributed by atoms with van der Waals surface area (Å²) in [6.07, 6.45) is 3.66. The molecule has 1 aliphatic heterocycles. The molecule has 3 aromatic rings. The predicted octanol–water partition coefficient (Wildman–Crippen LogP) is 3.61. The third-order valence-corrected chi connectivity index (χ3v) is 5.23. The molecule has 0 saturated carbocycles. The van der Waals surface area contributed by atoms with Crippen molar-refractivity contribution in [1.29, 1.82) is 5.26 Å². The van der Waals surface area contributed by atoms with E-state index >= 15 is 0 Å². The van der Waals surface area contributed by atoms with E-state index in [1.165, 1.54) is 6.26 Å². The molecule has 0 atom stereocenters. The molecule has 8 nitrogen and oxygen atoms in total. The molecule has 0 radical (unpaired) electrons. The Bertz CT molecular complexity index is 1020. The van der Waals surface area contributed by atoms with Crippen molar-refractivity contribution in [2.75, 3.05) is 31.1 Å². The van der Waals surface area contributed by atoms with Gasteiger partial charge in [0.25, 0.3) is 5.89 Å². The Labute approximate surface area is 180 Å². The van der Waals surface area contributed by atoms with Crippen LogP contribution in [0.5, 0.6) is 5.75 Å². The Hall–Kier alpha value is -3.73. The lowest BCUT2D eigenvalue weighted by Gasteiger charge is -2.30. The van der Waals surface area contributed by atoms with Crippen molar-refractivity contribution in [1.82, 2.24) is 10.3 Å². The van der Waals surface area contributed by atoms with Gasteiger partial charge in [-0.25, -0.2) is 0 Å². The summed E-state index contributed by atoms with van der Waals surface area (Å²) in [5.74, 6) is 2.05. The molecule has 0 aliphatic carbocycles. The van der Waals surface area contributed by atoms with Crippen LogP contribution >= 0.6 is 0 Å². The number of oxazole rings is 1. The number of nitrogens with zero attached hydrogens (tertiary/aromatic N) is 3. The molecule has 1 amide bonds. The van der Waals surface area contributed by atoms with Crippen molar-refractivity contribution in [3.05, 3.63) is 54.4 Å². The van der Waals surface area contributed by atoms with E-state index in [2.05, 4.69) is 16.4 Å². The molecule has 8 heteroatoms. The van der Waals surface area contributed by atoms with Gasteiger partial charge in [-0.15, -0.1) is 0 Å². The molecule has 1 aromatic carbocycles. The summed E-state index contributed by atoms with van der Waals surface area (Å²) < 4.78 is 16.7. The van der Waals surface area contributed by atoms with Crippen LogP contribution in [-0.2, 0) is 4.79 Å². The van der Waals surface area contributed by atoms with Crippen LogP contribution in [0.25, 0.3) is 11.7 Å². The predicted molar refractivity (Wildman–Crippen MR) is 113 cm³/mol. The van der Waals surface area contributed by atoms with Gasteiger partial charge >= 0.3 is 0 Å². The monoisotopic (exact) mass is 420 g/mol. The van der Waals surface area contributed by atoms with Crippen molar-refractivity contribution >= 4 is 11.8 Å². The van der Waals surface area contributed by atoms with Gasteiger partial charge in [0, 0.05) is 25.6 Å². The Morgan fingerprint density at radius 2 is 2.03 bits per heavy atom. The van der Waals surface area contributed by atoms with Gasteiger partial charge in [0.15, 0.2) is 5.76 Å². The molecule has 1 saturated heterocycles. The topological polar surface area (TPSA) is 105 Å². The van der Waals surface area contributed by atoms with Crippen LogP contribution in [0.2, 0.25) is 0 Å². The molecule has 1 aliphatic rings. The number of hydrogen-bond donors (Lipinski definition) is 1. The van der Waals surface area contributed by atoms with Gasteiger partial charge in [-0.2, -0.15) is 10.2 Å². The maximum absolute atomic E-state index is 12.5. The maximum atomic E-state index is 12.5. The van der Waals surface area contributed by atoms with Crippen LogP contribution in [0.15, 0.2) is 57.6 Å². The van der Waals surface area contributed by atoms with E-state index in [0.717, 1.165) is 12.2 Å². The van der Waals surface area contributed by atoms with Crippen LogP contribution in [0.1, 0.15) is 25.0 Å². The smallest absolute Gasteiger partial charge is 0.266 e. The van der Waals surface area contributed by atoms with Crippen LogP contribution in [0.3, 0.4) is 0 Å². The zero-order valence-electron chi connectivity index (χ0n) is 17.1. The maximum Gasteiger partial charge on any atom is 0.266 e. The Balaban J connectivity index is 1.22. The van der Waals surface area contributed by atoms with E-state index in [9.17, 15) is 10.1 Å². The lowest BCUT2D eigenvalue weighted by Crippen LogP contribution is -2.41. The van der Waals surface area contributed by atoms with Crippen LogP contribution < -0.4 is 15.0 Å². The SMILES string of the molecule is N#Cc1nc(-c2ccco2)oc1N1CCC(C(=O)NCCCOc2ccccc2)CC1. The van der Waals surface area contributed by atoms with Crippen molar-refractivity contribution in [2.24, 2.45) is 5.92 Å². The number of benzene rings is 1. The second-order valence-corrected chi connectivity index (χ2v) is 7.33. The molecule has 0 unspecified atom stereocenters. The van der Waals surface area contributed by atoms with Gasteiger partial charge in [0.1, 0.15) is 11.8 Å². The van der Waals surface area contributed by atoms with Gasteiger partial charge in [0.05, 0.1) is 12.9 Å². The summed E-state index contributed by atoms with van der Waals surface area (Å²) >= 11 is 0. The van der Waals surface area contributed by atoms with E-state index in [1.54, 1.807) is 12.1 Å². The third kappa shape index (κ3) is 5.07. The molecular weight excluding hydrogens is 396 g/mol. The van der Waals surface area contributed by atoms with Gasteiger partial charge in [-0.3, -0.25) is 4.79 Å².